The maximum atomic E-state index is 12.3. The van der Waals surface area contributed by atoms with E-state index in [9.17, 15) is 14.9 Å². The van der Waals surface area contributed by atoms with Crippen LogP contribution in [0.5, 0.6) is 0 Å². The molecule has 1 saturated heterocycles. The van der Waals surface area contributed by atoms with Gasteiger partial charge in [0.2, 0.25) is 5.91 Å². The lowest BCUT2D eigenvalue weighted by atomic mass is 10.1. The molecule has 1 aliphatic rings. The van der Waals surface area contributed by atoms with Crippen LogP contribution in [0.3, 0.4) is 0 Å². The first-order valence-corrected chi connectivity index (χ1v) is 9.17. The molecule has 0 aromatic heterocycles. The normalized spacial score (nSPS) is 17.1. The van der Waals surface area contributed by atoms with Crippen molar-refractivity contribution in [3.8, 4) is 0 Å². The maximum Gasteiger partial charge on any atom is 0.270 e. The smallest absolute Gasteiger partial charge is 0.270 e. The highest BCUT2D eigenvalue weighted by Crippen LogP contribution is 2.27. The van der Waals surface area contributed by atoms with Crippen molar-refractivity contribution in [3.05, 3.63) is 32.8 Å². The van der Waals surface area contributed by atoms with Gasteiger partial charge in [0.05, 0.1) is 17.2 Å². The highest BCUT2D eigenvalue weighted by molar-refractivity contribution is 9.10. The second kappa shape index (κ2) is 8.25. The van der Waals surface area contributed by atoms with Gasteiger partial charge < -0.3 is 5.32 Å². The Morgan fingerprint density at radius 2 is 2.00 bits per heavy atom. The number of hydrogen-bond acceptors (Lipinski definition) is 5. The largest absolute Gasteiger partial charge is 0.324 e. The number of carbonyl (C=O) groups excluding carboxylic acids is 1. The third-order valence-electron chi connectivity index (χ3n) is 4.34. The predicted molar refractivity (Wildman–Crippen MR) is 102 cm³/mol. The molecule has 0 saturated carbocycles. The number of hydrogen-bond donors (Lipinski definition) is 1. The van der Waals surface area contributed by atoms with Gasteiger partial charge in [-0.15, -0.1) is 0 Å². The number of nitro benzene ring substituents is 1. The Balaban J connectivity index is 1.91. The minimum absolute atomic E-state index is 0.0142. The van der Waals surface area contributed by atoms with Crippen molar-refractivity contribution in [1.29, 1.82) is 0 Å². The van der Waals surface area contributed by atoms with E-state index in [0.717, 1.165) is 32.6 Å². The van der Waals surface area contributed by atoms with Crippen LogP contribution in [-0.2, 0) is 4.79 Å². The van der Waals surface area contributed by atoms with Gasteiger partial charge in [-0.05, 0) is 62.3 Å². The van der Waals surface area contributed by atoms with Crippen molar-refractivity contribution in [2.24, 2.45) is 0 Å². The van der Waals surface area contributed by atoms with Gasteiger partial charge >= 0.3 is 0 Å². The van der Waals surface area contributed by atoms with Crippen molar-refractivity contribution >= 4 is 33.2 Å². The monoisotopic (exact) mass is 412 g/mol. The van der Waals surface area contributed by atoms with Crippen molar-refractivity contribution < 1.29 is 9.72 Å². The molecule has 1 aliphatic heterocycles. The fourth-order valence-electron chi connectivity index (χ4n) is 2.91. The molecule has 7 nitrogen and oxygen atoms in total. The molecule has 1 aromatic rings. The molecule has 0 spiro atoms. The molecule has 0 bridgehead atoms. The average Bonchev–Trinajstić information content (AvgIpc) is 2.74. The van der Waals surface area contributed by atoms with Crippen LogP contribution in [0.2, 0.25) is 0 Å². The quantitative estimate of drug-likeness (QED) is 0.606. The molecule has 25 heavy (non-hydrogen) atoms. The molecule has 1 fully saturated rings. The Morgan fingerprint density at radius 3 is 2.60 bits per heavy atom. The number of amides is 1. The third-order valence-corrected chi connectivity index (χ3v) is 5.00. The van der Waals surface area contributed by atoms with Crippen LogP contribution in [0.15, 0.2) is 22.7 Å². The SMILES string of the molecule is CC(C)(C)N1CCCN(CC(=O)Nc2ccc([N+](=O)[O-])cc2Br)CC1. The summed E-state index contributed by atoms with van der Waals surface area (Å²) in [6.07, 6.45) is 1.03. The Morgan fingerprint density at radius 1 is 1.28 bits per heavy atom. The molecule has 0 unspecified atom stereocenters. The van der Waals surface area contributed by atoms with E-state index in [0.29, 0.717) is 16.7 Å². The highest BCUT2D eigenvalue weighted by atomic mass is 79.9. The van der Waals surface area contributed by atoms with Gasteiger partial charge in [-0.1, -0.05) is 0 Å². The van der Waals surface area contributed by atoms with E-state index in [1.807, 2.05) is 0 Å². The summed E-state index contributed by atoms with van der Waals surface area (Å²) in [7, 11) is 0. The van der Waals surface area contributed by atoms with Crippen LogP contribution in [-0.4, -0.2) is 58.9 Å². The van der Waals surface area contributed by atoms with E-state index in [2.05, 4.69) is 51.8 Å². The van der Waals surface area contributed by atoms with Crippen molar-refractivity contribution in [2.75, 3.05) is 38.0 Å². The number of anilines is 1. The number of nitrogens with one attached hydrogen (secondary N) is 1. The lowest BCUT2D eigenvalue weighted by molar-refractivity contribution is -0.384. The van der Waals surface area contributed by atoms with Crippen LogP contribution < -0.4 is 5.32 Å². The Hall–Kier alpha value is -1.51. The Labute approximate surface area is 156 Å². The van der Waals surface area contributed by atoms with Gasteiger partial charge in [-0.25, -0.2) is 0 Å². The van der Waals surface area contributed by atoms with E-state index >= 15 is 0 Å². The zero-order chi connectivity index (χ0) is 18.6. The van der Waals surface area contributed by atoms with E-state index in [1.54, 1.807) is 6.07 Å². The molecule has 0 aliphatic carbocycles. The molecule has 1 aromatic carbocycles. The zero-order valence-electron chi connectivity index (χ0n) is 14.9. The van der Waals surface area contributed by atoms with E-state index in [-0.39, 0.29) is 17.1 Å². The third kappa shape index (κ3) is 5.76. The molecule has 1 heterocycles. The summed E-state index contributed by atoms with van der Waals surface area (Å²) in [5.41, 5.74) is 0.670. The summed E-state index contributed by atoms with van der Waals surface area (Å²) in [4.78, 5) is 27.2. The van der Waals surface area contributed by atoms with Gasteiger partial charge in [0.15, 0.2) is 0 Å². The molecule has 0 radical (unpaired) electrons. The lowest BCUT2D eigenvalue weighted by Crippen LogP contribution is -2.44. The number of carbonyl (C=O) groups is 1. The van der Waals surface area contributed by atoms with Crippen molar-refractivity contribution in [3.63, 3.8) is 0 Å². The van der Waals surface area contributed by atoms with Crippen LogP contribution in [0.25, 0.3) is 0 Å². The van der Waals surface area contributed by atoms with Crippen LogP contribution in [0, 0.1) is 10.1 Å². The van der Waals surface area contributed by atoms with Crippen LogP contribution in [0.4, 0.5) is 11.4 Å². The van der Waals surface area contributed by atoms with Crippen LogP contribution in [0.1, 0.15) is 27.2 Å². The predicted octanol–water partition coefficient (Wildman–Crippen LogP) is 3.10. The first-order chi connectivity index (χ1) is 11.7. The number of rotatable bonds is 4. The molecule has 0 atom stereocenters. The fourth-order valence-corrected chi connectivity index (χ4v) is 3.38. The number of non-ortho nitro benzene ring substituents is 1. The van der Waals surface area contributed by atoms with Gasteiger partial charge in [0.25, 0.3) is 5.69 Å². The van der Waals surface area contributed by atoms with E-state index in [4.69, 9.17) is 0 Å². The van der Waals surface area contributed by atoms with Crippen molar-refractivity contribution in [2.45, 2.75) is 32.7 Å². The topological polar surface area (TPSA) is 78.7 Å². The molecular weight excluding hydrogens is 388 g/mol. The highest BCUT2D eigenvalue weighted by Gasteiger charge is 2.24. The molecule has 138 valence electrons. The number of benzene rings is 1. The Bertz CT molecular complexity index is 645. The van der Waals surface area contributed by atoms with E-state index < -0.39 is 4.92 Å². The summed E-state index contributed by atoms with van der Waals surface area (Å²) < 4.78 is 0.504. The van der Waals surface area contributed by atoms with Crippen LogP contribution >= 0.6 is 15.9 Å². The molecular formula is C17H25BrN4O3. The second-order valence-corrected chi connectivity index (χ2v) is 8.11. The second-order valence-electron chi connectivity index (χ2n) is 7.26. The van der Waals surface area contributed by atoms with Gasteiger partial charge in [0, 0.05) is 35.2 Å². The minimum Gasteiger partial charge on any atom is -0.324 e. The summed E-state index contributed by atoms with van der Waals surface area (Å²) in [6.45, 7) is 10.7. The molecule has 1 N–H and O–H groups in total. The first-order valence-electron chi connectivity index (χ1n) is 8.38. The van der Waals surface area contributed by atoms with Crippen molar-refractivity contribution in [1.82, 2.24) is 9.80 Å². The first kappa shape index (κ1) is 19.8. The van der Waals surface area contributed by atoms with E-state index in [1.165, 1.54) is 12.1 Å². The van der Waals surface area contributed by atoms with Gasteiger partial charge in [0.1, 0.15) is 0 Å². The summed E-state index contributed by atoms with van der Waals surface area (Å²) in [5.74, 6) is -0.112. The number of halogens is 1. The molecule has 2 rings (SSSR count). The average molecular weight is 413 g/mol. The minimum atomic E-state index is -0.464. The maximum absolute atomic E-state index is 12.3. The Kier molecular flexibility index (Phi) is 6.53. The summed E-state index contributed by atoms with van der Waals surface area (Å²) >= 11 is 3.27. The van der Waals surface area contributed by atoms with Gasteiger partial charge in [-0.2, -0.15) is 0 Å². The number of nitro groups is 1. The number of nitrogens with zero attached hydrogens (tertiary/aromatic N) is 3. The van der Waals surface area contributed by atoms with Gasteiger partial charge in [-0.3, -0.25) is 24.7 Å². The molecule has 1 amide bonds. The fraction of sp³-hybridized carbons (Fsp3) is 0.588. The lowest BCUT2D eigenvalue weighted by Gasteiger charge is -2.34. The molecule has 8 heteroatoms. The summed E-state index contributed by atoms with van der Waals surface area (Å²) in [6, 6.07) is 4.32. The zero-order valence-corrected chi connectivity index (χ0v) is 16.5. The summed E-state index contributed by atoms with van der Waals surface area (Å²) in [5, 5.41) is 13.6. The standard InChI is InChI=1S/C17H25BrN4O3/c1-17(2,3)21-8-4-7-20(9-10-21)12-16(23)19-15-6-5-13(22(24)25)11-14(15)18/h5-6,11H,4,7-10,12H2,1-3H3,(H,19,23).